The first kappa shape index (κ1) is 14.3. The van der Waals surface area contributed by atoms with Crippen molar-refractivity contribution in [3.63, 3.8) is 0 Å². The minimum Gasteiger partial charge on any atom is -0.477 e. The molecule has 0 aromatic carbocycles. The largest absolute Gasteiger partial charge is 0.477 e. The van der Waals surface area contributed by atoms with Gasteiger partial charge in [0.1, 0.15) is 11.4 Å². The third-order valence-corrected chi connectivity index (χ3v) is 3.64. The maximum absolute atomic E-state index is 11.3. The van der Waals surface area contributed by atoms with Crippen molar-refractivity contribution in [2.24, 2.45) is 5.41 Å². The van der Waals surface area contributed by atoms with Gasteiger partial charge in [-0.1, -0.05) is 20.8 Å². The molecule has 3 N–H and O–H groups in total. The lowest BCUT2D eigenvalue weighted by Crippen LogP contribution is -2.36. The van der Waals surface area contributed by atoms with Gasteiger partial charge < -0.3 is 15.5 Å². The lowest BCUT2D eigenvalue weighted by atomic mass is 9.71. The number of aliphatic carboxylic acids is 2. The summed E-state index contributed by atoms with van der Waals surface area (Å²) in [5.41, 5.74) is 0.265. The van der Waals surface area contributed by atoms with Crippen LogP contribution in [0, 0.1) is 5.41 Å². The molecule has 0 aliphatic carbocycles. The van der Waals surface area contributed by atoms with Gasteiger partial charge in [-0.3, -0.25) is 0 Å². The van der Waals surface area contributed by atoms with Gasteiger partial charge in [-0.2, -0.15) is 0 Å². The summed E-state index contributed by atoms with van der Waals surface area (Å²) in [6, 6.07) is 0. The summed E-state index contributed by atoms with van der Waals surface area (Å²) in [7, 11) is 0. The maximum atomic E-state index is 11.3. The van der Waals surface area contributed by atoms with Crippen molar-refractivity contribution in [1.29, 1.82) is 0 Å². The van der Waals surface area contributed by atoms with Crippen LogP contribution in [0.2, 0.25) is 0 Å². The third-order valence-electron chi connectivity index (χ3n) is 3.64. The Bertz CT molecular complexity index is 430. The van der Waals surface area contributed by atoms with Crippen molar-refractivity contribution in [3.8, 4) is 0 Å². The van der Waals surface area contributed by atoms with E-state index in [4.69, 9.17) is 5.11 Å². The number of allylic oxidation sites excluding steroid dienone is 2. The van der Waals surface area contributed by atoms with E-state index in [0.29, 0.717) is 19.3 Å². The van der Waals surface area contributed by atoms with Gasteiger partial charge in [-0.05, 0) is 30.9 Å². The minimum absolute atomic E-state index is 0.0149. The van der Waals surface area contributed by atoms with Crippen LogP contribution in [0.25, 0.3) is 0 Å². The molecule has 0 saturated heterocycles. The Labute approximate surface area is 106 Å². The second kappa shape index (κ2) is 5.25. The number of carboxylic acids is 2. The molecule has 18 heavy (non-hydrogen) atoms. The fraction of sp³-hybridized carbons (Fsp3) is 0.538. The van der Waals surface area contributed by atoms with Gasteiger partial charge in [0.25, 0.3) is 0 Å². The molecule has 0 radical (unpaired) electrons. The van der Waals surface area contributed by atoms with Crippen LogP contribution in [0.4, 0.5) is 0 Å². The fourth-order valence-corrected chi connectivity index (χ4v) is 2.57. The van der Waals surface area contributed by atoms with Crippen molar-refractivity contribution in [2.75, 3.05) is 0 Å². The van der Waals surface area contributed by atoms with Gasteiger partial charge in [0.05, 0.1) is 0 Å². The first-order valence-electron chi connectivity index (χ1n) is 6.11. The van der Waals surface area contributed by atoms with E-state index in [0.717, 1.165) is 5.57 Å². The summed E-state index contributed by atoms with van der Waals surface area (Å²) in [5, 5.41) is 20.8. The summed E-state index contributed by atoms with van der Waals surface area (Å²) in [5.74, 6) is -2.24. The lowest BCUT2D eigenvalue weighted by Gasteiger charge is -2.36. The van der Waals surface area contributed by atoms with Crippen molar-refractivity contribution < 1.29 is 19.8 Å². The highest BCUT2D eigenvalue weighted by Gasteiger charge is 2.37. The monoisotopic (exact) mass is 253 g/mol. The Hall–Kier alpha value is -1.78. The van der Waals surface area contributed by atoms with Crippen molar-refractivity contribution >= 4 is 11.9 Å². The van der Waals surface area contributed by atoms with E-state index in [9.17, 15) is 14.7 Å². The average Bonchev–Trinajstić information content (AvgIpc) is 2.36. The van der Waals surface area contributed by atoms with E-state index in [2.05, 4.69) is 5.32 Å². The fourth-order valence-electron chi connectivity index (χ4n) is 2.57. The Morgan fingerprint density at radius 3 is 2.06 bits per heavy atom. The number of hydrogen-bond donors (Lipinski definition) is 3. The molecule has 1 rings (SSSR count). The Morgan fingerprint density at radius 2 is 1.72 bits per heavy atom. The second-order valence-corrected chi connectivity index (χ2v) is 4.36. The van der Waals surface area contributed by atoms with Crippen molar-refractivity contribution in [1.82, 2.24) is 5.32 Å². The van der Waals surface area contributed by atoms with Crippen LogP contribution in [0.1, 0.15) is 40.0 Å². The van der Waals surface area contributed by atoms with Gasteiger partial charge in [0, 0.05) is 5.41 Å². The van der Waals surface area contributed by atoms with Gasteiger partial charge in [-0.25, -0.2) is 9.59 Å². The van der Waals surface area contributed by atoms with Crippen LogP contribution in [0.5, 0.6) is 0 Å². The molecule has 0 spiro atoms. The van der Waals surface area contributed by atoms with Crippen LogP contribution >= 0.6 is 0 Å². The minimum atomic E-state index is -1.13. The molecule has 0 fully saturated rings. The maximum Gasteiger partial charge on any atom is 0.352 e. The number of dihydropyridines is 1. The standard InChI is InChI=1S/C13H19NO4/c1-4-8-10(12(17)18)14-9(11(15)16)7-13(8,5-2)6-3/h7,14H,4-6H2,1-3H3,(H,15,16)(H,17,18). The van der Waals surface area contributed by atoms with Gasteiger partial charge in [0.2, 0.25) is 0 Å². The molecule has 0 aromatic rings. The first-order valence-corrected chi connectivity index (χ1v) is 6.11. The summed E-state index contributed by atoms with van der Waals surface area (Å²) in [6.45, 7) is 5.78. The molecule has 1 aliphatic rings. The summed E-state index contributed by atoms with van der Waals surface area (Å²) >= 11 is 0. The molecule has 0 bridgehead atoms. The van der Waals surface area contributed by atoms with Crippen LogP contribution in [0.3, 0.4) is 0 Å². The van der Waals surface area contributed by atoms with E-state index in [1.54, 1.807) is 6.08 Å². The number of nitrogens with one attached hydrogen (secondary N) is 1. The SMILES string of the molecule is CCC1=C(C(=O)O)NC(C(=O)O)=CC1(CC)CC. The second-order valence-electron chi connectivity index (χ2n) is 4.36. The number of hydrogen-bond acceptors (Lipinski definition) is 3. The van der Waals surface area contributed by atoms with E-state index in [1.165, 1.54) is 0 Å². The lowest BCUT2D eigenvalue weighted by molar-refractivity contribution is -0.133. The predicted molar refractivity (Wildman–Crippen MR) is 66.8 cm³/mol. The average molecular weight is 253 g/mol. The van der Waals surface area contributed by atoms with E-state index in [1.807, 2.05) is 20.8 Å². The summed E-state index contributed by atoms with van der Waals surface area (Å²) in [4.78, 5) is 22.4. The first-order chi connectivity index (χ1) is 8.41. The molecule has 0 unspecified atom stereocenters. The molecule has 0 saturated carbocycles. The molecule has 1 aliphatic heterocycles. The van der Waals surface area contributed by atoms with Crippen LogP contribution < -0.4 is 5.32 Å². The molecule has 5 heteroatoms. The Balaban J connectivity index is 3.43. The Kier molecular flexibility index (Phi) is 4.16. The van der Waals surface area contributed by atoms with E-state index < -0.39 is 17.4 Å². The number of carboxylic acid groups (broad SMARTS) is 2. The molecule has 5 nitrogen and oxygen atoms in total. The van der Waals surface area contributed by atoms with Gasteiger partial charge in [-0.15, -0.1) is 0 Å². The molecule has 0 aromatic heterocycles. The zero-order chi connectivity index (χ0) is 13.9. The smallest absolute Gasteiger partial charge is 0.352 e. The van der Waals surface area contributed by atoms with Gasteiger partial charge >= 0.3 is 11.9 Å². The summed E-state index contributed by atoms with van der Waals surface area (Å²) in [6.07, 6.45) is 3.60. The van der Waals surface area contributed by atoms with Crippen molar-refractivity contribution in [3.05, 3.63) is 23.0 Å². The highest BCUT2D eigenvalue weighted by Crippen LogP contribution is 2.42. The molecule has 0 atom stereocenters. The highest BCUT2D eigenvalue weighted by molar-refractivity contribution is 5.93. The van der Waals surface area contributed by atoms with Crippen LogP contribution in [0.15, 0.2) is 23.0 Å². The topological polar surface area (TPSA) is 86.6 Å². The van der Waals surface area contributed by atoms with E-state index >= 15 is 0 Å². The quantitative estimate of drug-likeness (QED) is 0.698. The molecule has 0 amide bonds. The predicted octanol–water partition coefficient (Wildman–Crippen LogP) is 2.11. The number of rotatable bonds is 5. The van der Waals surface area contributed by atoms with Crippen LogP contribution in [-0.4, -0.2) is 22.2 Å². The number of carbonyl (C=O) groups is 2. The highest BCUT2D eigenvalue weighted by atomic mass is 16.4. The Morgan fingerprint density at radius 1 is 1.17 bits per heavy atom. The van der Waals surface area contributed by atoms with E-state index in [-0.39, 0.29) is 11.4 Å². The molecule has 1 heterocycles. The molecule has 100 valence electrons. The summed E-state index contributed by atoms with van der Waals surface area (Å²) < 4.78 is 0. The molecular weight excluding hydrogens is 234 g/mol. The third kappa shape index (κ3) is 2.25. The zero-order valence-electron chi connectivity index (χ0n) is 10.9. The van der Waals surface area contributed by atoms with Crippen molar-refractivity contribution in [2.45, 2.75) is 40.0 Å². The van der Waals surface area contributed by atoms with Gasteiger partial charge in [0.15, 0.2) is 0 Å². The molecular formula is C13H19NO4. The normalized spacial score (nSPS) is 18.1. The van der Waals surface area contributed by atoms with Crippen LogP contribution in [-0.2, 0) is 9.59 Å². The zero-order valence-corrected chi connectivity index (χ0v) is 10.9.